The molecule has 0 rings (SSSR count). The third kappa shape index (κ3) is 13.5. The van der Waals surface area contributed by atoms with Crippen LogP contribution in [0.15, 0.2) is 24.3 Å². The molecule has 0 aliphatic rings. The zero-order valence-electron chi connectivity index (χ0n) is 12.8. The van der Waals surface area contributed by atoms with Crippen LogP contribution >= 0.6 is 0 Å². The van der Waals surface area contributed by atoms with Crippen molar-refractivity contribution in [2.75, 3.05) is 20.1 Å². The monoisotopic (exact) mass is 251 g/mol. The normalized spacial score (nSPS) is 12.2. The lowest BCUT2D eigenvalue weighted by atomic mass is 10.1. The third-order valence-corrected chi connectivity index (χ3v) is 3.29. The van der Waals surface area contributed by atoms with E-state index in [2.05, 4.69) is 50.1 Å². The van der Waals surface area contributed by atoms with E-state index in [-0.39, 0.29) is 0 Å². The molecule has 0 unspecified atom stereocenters. The van der Waals surface area contributed by atoms with E-state index in [1.54, 1.807) is 0 Å². The fourth-order valence-electron chi connectivity index (χ4n) is 2.09. The Balaban J connectivity index is 3.19. The lowest BCUT2D eigenvalue weighted by Crippen LogP contribution is -2.20. The number of hydrogen-bond acceptors (Lipinski definition) is 1. The first kappa shape index (κ1) is 17.4. The average Bonchev–Trinajstić information content (AvgIpc) is 2.38. The van der Waals surface area contributed by atoms with Crippen molar-refractivity contribution in [1.29, 1.82) is 0 Å². The second-order valence-electron chi connectivity index (χ2n) is 5.14. The van der Waals surface area contributed by atoms with E-state index in [0.29, 0.717) is 0 Å². The molecule has 0 aliphatic carbocycles. The van der Waals surface area contributed by atoms with Crippen molar-refractivity contribution in [3.63, 3.8) is 0 Å². The maximum Gasteiger partial charge on any atom is -0.00218 e. The van der Waals surface area contributed by atoms with Crippen molar-refractivity contribution >= 4 is 0 Å². The van der Waals surface area contributed by atoms with Crippen LogP contribution in [-0.2, 0) is 0 Å². The van der Waals surface area contributed by atoms with Crippen LogP contribution < -0.4 is 0 Å². The van der Waals surface area contributed by atoms with Gasteiger partial charge in [0.15, 0.2) is 0 Å². The van der Waals surface area contributed by atoms with Crippen molar-refractivity contribution in [3.8, 4) is 0 Å². The number of hydrogen-bond donors (Lipinski definition) is 0. The fourth-order valence-corrected chi connectivity index (χ4v) is 2.09. The van der Waals surface area contributed by atoms with Crippen LogP contribution in [0.1, 0.15) is 65.2 Å². The largest absolute Gasteiger partial charge is 0.306 e. The van der Waals surface area contributed by atoms with Crippen molar-refractivity contribution in [2.24, 2.45) is 0 Å². The van der Waals surface area contributed by atoms with Gasteiger partial charge in [0.25, 0.3) is 0 Å². The Morgan fingerprint density at radius 3 is 1.50 bits per heavy atom. The summed E-state index contributed by atoms with van der Waals surface area (Å²) in [6, 6.07) is 0. The molecule has 0 atom stereocenters. The minimum absolute atomic E-state index is 1.26. The summed E-state index contributed by atoms with van der Waals surface area (Å²) in [5.74, 6) is 0. The van der Waals surface area contributed by atoms with Crippen LogP contribution in [-0.4, -0.2) is 25.0 Å². The molecule has 0 heterocycles. The Morgan fingerprint density at radius 2 is 1.11 bits per heavy atom. The van der Waals surface area contributed by atoms with Crippen LogP contribution in [0.5, 0.6) is 0 Å². The molecule has 18 heavy (non-hydrogen) atoms. The summed E-state index contributed by atoms with van der Waals surface area (Å²) < 4.78 is 0. The molecule has 0 bridgehead atoms. The molecule has 0 radical (unpaired) electrons. The predicted molar refractivity (Wildman–Crippen MR) is 84.1 cm³/mol. The quantitative estimate of drug-likeness (QED) is 0.341. The van der Waals surface area contributed by atoms with Crippen molar-refractivity contribution in [3.05, 3.63) is 24.3 Å². The first-order chi connectivity index (χ1) is 8.81. The van der Waals surface area contributed by atoms with Crippen molar-refractivity contribution in [1.82, 2.24) is 4.90 Å². The number of rotatable bonds is 12. The maximum absolute atomic E-state index is 2.49. The van der Waals surface area contributed by atoms with Crippen LogP contribution in [0.2, 0.25) is 0 Å². The highest BCUT2D eigenvalue weighted by molar-refractivity contribution is 4.76. The molecule has 0 aliphatic heterocycles. The van der Waals surface area contributed by atoms with Crippen molar-refractivity contribution in [2.45, 2.75) is 65.2 Å². The first-order valence-corrected chi connectivity index (χ1v) is 7.72. The van der Waals surface area contributed by atoms with Crippen LogP contribution in [0.25, 0.3) is 0 Å². The minimum Gasteiger partial charge on any atom is -0.306 e. The van der Waals surface area contributed by atoms with Gasteiger partial charge in [0.2, 0.25) is 0 Å². The van der Waals surface area contributed by atoms with Crippen LogP contribution in [0.3, 0.4) is 0 Å². The van der Waals surface area contributed by atoms with E-state index in [4.69, 9.17) is 0 Å². The van der Waals surface area contributed by atoms with Gasteiger partial charge in [0.05, 0.1) is 0 Å². The molecule has 0 amide bonds. The van der Waals surface area contributed by atoms with Gasteiger partial charge in [0, 0.05) is 0 Å². The maximum atomic E-state index is 2.49. The molecule has 0 saturated heterocycles. The standard InChI is InChI=1S/C17H33N/c1-4-6-8-10-12-14-16-18(3)17-15-13-11-9-7-5-2/h4-7H,8-17H2,1-3H3/b6-4+,7-5+. The molecule has 106 valence electrons. The fraction of sp³-hybridized carbons (Fsp3) is 0.765. The van der Waals surface area contributed by atoms with E-state index >= 15 is 0 Å². The summed E-state index contributed by atoms with van der Waals surface area (Å²) in [6.07, 6.45) is 19.5. The van der Waals surface area contributed by atoms with E-state index < -0.39 is 0 Å². The van der Waals surface area contributed by atoms with Gasteiger partial charge in [-0.2, -0.15) is 0 Å². The first-order valence-electron chi connectivity index (χ1n) is 7.72. The Bertz CT molecular complexity index is 184. The van der Waals surface area contributed by atoms with E-state index in [1.165, 1.54) is 64.5 Å². The highest BCUT2D eigenvalue weighted by Crippen LogP contribution is 2.04. The van der Waals surface area contributed by atoms with Crippen LogP contribution in [0.4, 0.5) is 0 Å². The Morgan fingerprint density at radius 1 is 0.667 bits per heavy atom. The highest BCUT2D eigenvalue weighted by Gasteiger charge is 1.97. The van der Waals surface area contributed by atoms with Gasteiger partial charge in [-0.25, -0.2) is 0 Å². The lowest BCUT2D eigenvalue weighted by molar-refractivity contribution is 0.316. The molecule has 0 fully saturated rings. The second-order valence-corrected chi connectivity index (χ2v) is 5.14. The zero-order valence-corrected chi connectivity index (χ0v) is 12.8. The third-order valence-electron chi connectivity index (χ3n) is 3.29. The van der Waals surface area contributed by atoms with E-state index in [9.17, 15) is 0 Å². The van der Waals surface area contributed by atoms with E-state index in [0.717, 1.165) is 0 Å². The van der Waals surface area contributed by atoms with E-state index in [1.807, 2.05) is 0 Å². The van der Waals surface area contributed by atoms with Gasteiger partial charge in [-0.3, -0.25) is 0 Å². The topological polar surface area (TPSA) is 3.24 Å². The van der Waals surface area contributed by atoms with Crippen LogP contribution in [0, 0.1) is 0 Å². The molecule has 0 aromatic rings. The molecule has 0 spiro atoms. The highest BCUT2D eigenvalue weighted by atomic mass is 15.1. The smallest absolute Gasteiger partial charge is 0.00218 e. The molecule has 1 nitrogen and oxygen atoms in total. The molecule has 0 N–H and O–H groups in total. The summed E-state index contributed by atoms with van der Waals surface area (Å²) >= 11 is 0. The molecular formula is C17H33N. The molecule has 1 heteroatoms. The Kier molecular flexibility index (Phi) is 14.0. The number of unbranched alkanes of at least 4 members (excludes halogenated alkanes) is 6. The van der Waals surface area contributed by atoms with Gasteiger partial charge in [-0.05, 0) is 72.5 Å². The van der Waals surface area contributed by atoms with Gasteiger partial charge in [0.1, 0.15) is 0 Å². The zero-order chi connectivity index (χ0) is 13.5. The molecule has 0 saturated carbocycles. The van der Waals surface area contributed by atoms with Gasteiger partial charge < -0.3 is 4.90 Å². The van der Waals surface area contributed by atoms with Gasteiger partial charge >= 0.3 is 0 Å². The van der Waals surface area contributed by atoms with Gasteiger partial charge in [-0.1, -0.05) is 37.1 Å². The summed E-state index contributed by atoms with van der Waals surface area (Å²) in [7, 11) is 2.26. The Labute approximate surface area is 115 Å². The Hall–Kier alpha value is -0.560. The minimum atomic E-state index is 1.26. The lowest BCUT2D eigenvalue weighted by Gasteiger charge is -2.16. The second kappa shape index (κ2) is 14.5. The molecule has 0 aromatic heterocycles. The SMILES string of the molecule is C/C=C/CCCCCN(C)CCCCC/C=C/C. The number of nitrogens with zero attached hydrogens (tertiary/aromatic N) is 1. The summed E-state index contributed by atoms with van der Waals surface area (Å²) in [6.45, 7) is 6.74. The predicted octanol–water partition coefficient (Wildman–Crippen LogP) is 5.19. The van der Waals surface area contributed by atoms with Crippen molar-refractivity contribution < 1.29 is 0 Å². The summed E-state index contributed by atoms with van der Waals surface area (Å²) in [4.78, 5) is 2.49. The number of allylic oxidation sites excluding steroid dienone is 4. The molecule has 0 aromatic carbocycles. The summed E-state index contributed by atoms with van der Waals surface area (Å²) in [5, 5.41) is 0. The average molecular weight is 251 g/mol. The molecular weight excluding hydrogens is 218 g/mol. The summed E-state index contributed by atoms with van der Waals surface area (Å²) in [5.41, 5.74) is 0. The van der Waals surface area contributed by atoms with Gasteiger partial charge in [-0.15, -0.1) is 0 Å².